The minimum Gasteiger partial charge on any atom is -0.325 e. The Morgan fingerprint density at radius 3 is 2.36 bits per heavy atom. The van der Waals surface area contributed by atoms with Crippen molar-refractivity contribution >= 4 is 35.0 Å². The fourth-order valence-corrected chi connectivity index (χ4v) is 2.93. The number of thioether (sulfide) groups is 1. The molecule has 0 radical (unpaired) electrons. The molecule has 0 spiro atoms. The third kappa shape index (κ3) is 5.94. The lowest BCUT2D eigenvalue weighted by Gasteiger charge is -2.13. The molecule has 25 heavy (non-hydrogen) atoms. The van der Waals surface area contributed by atoms with E-state index in [1.54, 1.807) is 0 Å². The zero-order chi connectivity index (χ0) is 18.2. The maximum atomic E-state index is 12.2. The van der Waals surface area contributed by atoms with E-state index in [0.717, 1.165) is 23.4 Å². The number of hydrogen-bond acceptors (Lipinski definition) is 3. The lowest BCUT2D eigenvalue weighted by atomic mass is 10.1. The highest BCUT2D eigenvalue weighted by molar-refractivity contribution is 8.01. The largest absolute Gasteiger partial charge is 0.325 e. The summed E-state index contributed by atoms with van der Waals surface area (Å²) in [5.74, 6) is 0.0296. The van der Waals surface area contributed by atoms with Crippen molar-refractivity contribution in [3.63, 3.8) is 0 Å². The molecule has 2 N–H and O–H groups in total. The van der Waals surface area contributed by atoms with Crippen LogP contribution in [0.15, 0.2) is 48.5 Å². The van der Waals surface area contributed by atoms with E-state index >= 15 is 0 Å². The van der Waals surface area contributed by atoms with Crippen LogP contribution < -0.4 is 10.6 Å². The zero-order valence-corrected chi connectivity index (χ0v) is 15.7. The highest BCUT2D eigenvalue weighted by Gasteiger charge is 2.16. The van der Waals surface area contributed by atoms with Crippen LogP contribution in [0, 0.1) is 6.92 Å². The number of amides is 2. The summed E-state index contributed by atoms with van der Waals surface area (Å²) in [6.45, 7) is 5.85. The fraction of sp³-hybridized carbons (Fsp3) is 0.300. The Labute approximate surface area is 153 Å². The average molecular weight is 356 g/mol. The van der Waals surface area contributed by atoms with Crippen molar-refractivity contribution in [2.24, 2.45) is 0 Å². The zero-order valence-electron chi connectivity index (χ0n) is 14.8. The maximum absolute atomic E-state index is 12.2. The van der Waals surface area contributed by atoms with Gasteiger partial charge in [-0.2, -0.15) is 0 Å². The number of aryl methyl sites for hydroxylation is 2. The van der Waals surface area contributed by atoms with Crippen molar-refractivity contribution in [3.05, 3.63) is 59.7 Å². The summed E-state index contributed by atoms with van der Waals surface area (Å²) in [5.41, 5.74) is 3.83. The van der Waals surface area contributed by atoms with Crippen molar-refractivity contribution in [2.75, 3.05) is 16.4 Å². The molecule has 0 saturated heterocycles. The van der Waals surface area contributed by atoms with Crippen molar-refractivity contribution in [2.45, 2.75) is 32.4 Å². The van der Waals surface area contributed by atoms with E-state index in [2.05, 4.69) is 17.6 Å². The van der Waals surface area contributed by atoms with E-state index in [9.17, 15) is 9.59 Å². The Kier molecular flexibility index (Phi) is 7.07. The van der Waals surface area contributed by atoms with Gasteiger partial charge in [-0.1, -0.05) is 37.3 Å². The Hall–Kier alpha value is -2.27. The number of para-hydroxylation sites is 1. The van der Waals surface area contributed by atoms with E-state index in [1.165, 1.54) is 17.3 Å². The van der Waals surface area contributed by atoms with Crippen LogP contribution in [0.5, 0.6) is 0 Å². The number of carbonyl (C=O) groups excluding carboxylic acids is 2. The van der Waals surface area contributed by atoms with Gasteiger partial charge in [0.1, 0.15) is 0 Å². The fourth-order valence-electron chi connectivity index (χ4n) is 2.24. The Morgan fingerprint density at radius 2 is 1.72 bits per heavy atom. The molecule has 2 rings (SSSR count). The van der Waals surface area contributed by atoms with E-state index in [1.807, 2.05) is 62.4 Å². The first-order valence-corrected chi connectivity index (χ1v) is 9.41. The van der Waals surface area contributed by atoms with Gasteiger partial charge in [0.05, 0.1) is 11.0 Å². The number of hydrogen-bond donors (Lipinski definition) is 2. The van der Waals surface area contributed by atoms with E-state index in [4.69, 9.17) is 0 Å². The predicted molar refractivity (Wildman–Crippen MR) is 106 cm³/mol. The van der Waals surface area contributed by atoms with Crippen LogP contribution in [0.2, 0.25) is 0 Å². The van der Waals surface area contributed by atoms with E-state index in [0.29, 0.717) is 0 Å². The van der Waals surface area contributed by atoms with Gasteiger partial charge in [-0.25, -0.2) is 0 Å². The molecule has 0 aliphatic heterocycles. The molecule has 0 unspecified atom stereocenters. The first kappa shape index (κ1) is 19.1. The molecular weight excluding hydrogens is 332 g/mol. The lowest BCUT2D eigenvalue weighted by molar-refractivity contribution is -0.115. The minimum absolute atomic E-state index is 0.0978. The number of benzene rings is 2. The molecule has 0 heterocycles. The molecule has 2 amide bonds. The van der Waals surface area contributed by atoms with Gasteiger partial charge in [-0.05, 0) is 49.6 Å². The molecule has 0 aromatic heterocycles. The van der Waals surface area contributed by atoms with Gasteiger partial charge in [-0.15, -0.1) is 11.8 Å². The van der Waals surface area contributed by atoms with Crippen LogP contribution in [-0.2, 0) is 16.0 Å². The summed E-state index contributed by atoms with van der Waals surface area (Å²) in [5, 5.41) is 5.45. The summed E-state index contributed by atoms with van der Waals surface area (Å²) >= 11 is 1.32. The quantitative estimate of drug-likeness (QED) is 0.779. The topological polar surface area (TPSA) is 58.2 Å². The second kappa shape index (κ2) is 9.28. The minimum atomic E-state index is -0.312. The first-order valence-electron chi connectivity index (χ1n) is 8.36. The predicted octanol–water partition coefficient (Wildman–Crippen LogP) is 4.26. The number of nitrogens with one attached hydrogen (secondary N) is 2. The molecule has 0 fully saturated rings. The van der Waals surface area contributed by atoms with Crippen molar-refractivity contribution in [1.29, 1.82) is 0 Å². The maximum Gasteiger partial charge on any atom is 0.237 e. The molecule has 132 valence electrons. The average Bonchev–Trinajstić information content (AvgIpc) is 2.62. The molecule has 1 atom stereocenters. The molecule has 4 nitrogen and oxygen atoms in total. The molecule has 0 bridgehead atoms. The monoisotopic (exact) mass is 356 g/mol. The SMILES string of the molecule is CCc1ccc(NC(=O)CS[C@H](C)C(=O)Nc2ccccc2C)cc1. The molecule has 0 aliphatic carbocycles. The van der Waals surface area contributed by atoms with Gasteiger partial charge in [0, 0.05) is 11.4 Å². The second-order valence-corrected chi connectivity index (χ2v) is 7.19. The van der Waals surface area contributed by atoms with Crippen LogP contribution in [0.4, 0.5) is 11.4 Å². The summed E-state index contributed by atoms with van der Waals surface area (Å²) in [6, 6.07) is 15.4. The summed E-state index contributed by atoms with van der Waals surface area (Å²) in [7, 11) is 0. The van der Waals surface area contributed by atoms with E-state index in [-0.39, 0.29) is 22.8 Å². The summed E-state index contributed by atoms with van der Waals surface area (Å²) < 4.78 is 0. The normalized spacial score (nSPS) is 11.6. The second-order valence-electron chi connectivity index (χ2n) is 5.86. The number of rotatable bonds is 7. The summed E-state index contributed by atoms with van der Waals surface area (Å²) in [6.07, 6.45) is 0.970. The molecule has 2 aromatic rings. The third-order valence-corrected chi connectivity index (χ3v) is 5.03. The van der Waals surface area contributed by atoms with Gasteiger partial charge in [0.15, 0.2) is 0 Å². The van der Waals surface area contributed by atoms with Crippen molar-refractivity contribution in [3.8, 4) is 0 Å². The molecule has 5 heteroatoms. The molecule has 2 aromatic carbocycles. The van der Waals surface area contributed by atoms with Gasteiger partial charge >= 0.3 is 0 Å². The Balaban J connectivity index is 1.80. The van der Waals surface area contributed by atoms with Crippen LogP contribution in [0.3, 0.4) is 0 Å². The van der Waals surface area contributed by atoms with Crippen LogP contribution in [-0.4, -0.2) is 22.8 Å². The standard InChI is InChI=1S/C20H24N2O2S/c1-4-16-9-11-17(12-10-16)21-19(23)13-25-15(3)20(24)22-18-8-6-5-7-14(18)2/h5-12,15H,4,13H2,1-3H3,(H,21,23)(H,22,24)/t15-/m1/s1. The summed E-state index contributed by atoms with van der Waals surface area (Å²) in [4.78, 5) is 24.3. The highest BCUT2D eigenvalue weighted by Crippen LogP contribution is 2.18. The van der Waals surface area contributed by atoms with Gasteiger partial charge in [0.2, 0.25) is 11.8 Å². The van der Waals surface area contributed by atoms with Gasteiger partial charge in [-0.3, -0.25) is 9.59 Å². The Bertz CT molecular complexity index is 729. The van der Waals surface area contributed by atoms with Crippen LogP contribution >= 0.6 is 11.8 Å². The lowest BCUT2D eigenvalue weighted by Crippen LogP contribution is -2.25. The molecular formula is C20H24N2O2S. The molecule has 0 saturated carbocycles. The van der Waals surface area contributed by atoms with Gasteiger partial charge < -0.3 is 10.6 Å². The van der Waals surface area contributed by atoms with E-state index < -0.39 is 0 Å². The number of carbonyl (C=O) groups is 2. The smallest absolute Gasteiger partial charge is 0.237 e. The first-order chi connectivity index (χ1) is 12.0. The highest BCUT2D eigenvalue weighted by atomic mass is 32.2. The van der Waals surface area contributed by atoms with Crippen molar-refractivity contribution in [1.82, 2.24) is 0 Å². The van der Waals surface area contributed by atoms with Crippen LogP contribution in [0.1, 0.15) is 25.0 Å². The van der Waals surface area contributed by atoms with Gasteiger partial charge in [0.25, 0.3) is 0 Å². The number of anilines is 2. The Morgan fingerprint density at radius 1 is 1.04 bits per heavy atom. The third-order valence-electron chi connectivity index (χ3n) is 3.88. The van der Waals surface area contributed by atoms with Crippen LogP contribution in [0.25, 0.3) is 0 Å². The van der Waals surface area contributed by atoms with Crippen molar-refractivity contribution < 1.29 is 9.59 Å². The molecule has 0 aliphatic rings.